The van der Waals surface area contributed by atoms with E-state index in [0.29, 0.717) is 24.3 Å². The van der Waals surface area contributed by atoms with Crippen LogP contribution in [0.2, 0.25) is 0 Å². The van der Waals surface area contributed by atoms with Gasteiger partial charge in [0.05, 0.1) is 6.61 Å². The molecule has 8 heteroatoms. The van der Waals surface area contributed by atoms with Crippen molar-refractivity contribution in [2.24, 2.45) is 0 Å². The summed E-state index contributed by atoms with van der Waals surface area (Å²) in [6, 6.07) is 12.1. The highest BCUT2D eigenvalue weighted by Crippen LogP contribution is 2.22. The molecule has 0 aliphatic rings. The van der Waals surface area contributed by atoms with Gasteiger partial charge in [0.15, 0.2) is 0 Å². The summed E-state index contributed by atoms with van der Waals surface area (Å²) in [5, 5.41) is 4.51. The second-order valence-corrected chi connectivity index (χ2v) is 6.60. The molecule has 5 nitrogen and oxygen atoms in total. The Morgan fingerprint density at radius 3 is 2.21 bits per heavy atom. The minimum atomic E-state index is -4.91. The molecule has 2 aromatic rings. The number of rotatable bonds is 8. The molecule has 0 radical (unpaired) electrons. The highest BCUT2D eigenvalue weighted by molar-refractivity contribution is 5.90. The zero-order chi connectivity index (χ0) is 21.4. The predicted molar refractivity (Wildman–Crippen MR) is 104 cm³/mol. The van der Waals surface area contributed by atoms with Crippen molar-refractivity contribution in [2.75, 3.05) is 11.9 Å². The predicted octanol–water partition coefficient (Wildman–Crippen LogP) is 4.28. The lowest BCUT2D eigenvalue weighted by molar-refractivity contribution is -0.173. The highest BCUT2D eigenvalue weighted by atomic mass is 19.4. The number of para-hydroxylation sites is 1. The summed E-state index contributed by atoms with van der Waals surface area (Å²) < 4.78 is 42.2. The topological polar surface area (TPSA) is 67.4 Å². The van der Waals surface area contributed by atoms with Gasteiger partial charge in [-0.05, 0) is 49.1 Å². The molecule has 0 aliphatic heterocycles. The van der Waals surface area contributed by atoms with Crippen LogP contribution in [0.25, 0.3) is 0 Å². The van der Waals surface area contributed by atoms with Crippen molar-refractivity contribution in [3.05, 3.63) is 59.2 Å². The Balaban J connectivity index is 1.73. The second kappa shape index (κ2) is 9.95. The van der Waals surface area contributed by atoms with E-state index in [9.17, 15) is 22.8 Å². The maximum Gasteiger partial charge on any atom is 0.471 e. The zero-order valence-corrected chi connectivity index (χ0v) is 16.2. The first kappa shape index (κ1) is 22.3. The first-order chi connectivity index (χ1) is 13.7. The maximum atomic E-state index is 12.2. The number of nitrogens with one attached hydrogen (secondary N) is 2. The van der Waals surface area contributed by atoms with E-state index in [1.165, 1.54) is 12.1 Å². The van der Waals surface area contributed by atoms with Crippen LogP contribution in [0.4, 0.5) is 18.9 Å². The first-order valence-corrected chi connectivity index (χ1v) is 9.09. The van der Waals surface area contributed by atoms with Gasteiger partial charge in [-0.1, -0.05) is 30.3 Å². The molecule has 2 aromatic carbocycles. The van der Waals surface area contributed by atoms with Crippen molar-refractivity contribution in [1.82, 2.24) is 5.32 Å². The molecule has 0 saturated heterocycles. The van der Waals surface area contributed by atoms with Crippen molar-refractivity contribution in [3.8, 4) is 5.75 Å². The summed E-state index contributed by atoms with van der Waals surface area (Å²) in [6.45, 7) is 4.10. The average molecular weight is 408 g/mol. The number of carbonyl (C=O) groups is 2. The van der Waals surface area contributed by atoms with E-state index >= 15 is 0 Å². The van der Waals surface area contributed by atoms with Crippen molar-refractivity contribution < 1.29 is 27.5 Å². The standard InChI is InChI=1S/C21H23F3N2O3/c1-14-5-3-6-15(2)19(14)29-12-4-7-18(27)26-17-10-8-16(9-11-17)13-25-20(28)21(22,23)24/h3,5-6,8-11H,4,7,12-13H2,1-2H3,(H,25,28)(H,26,27). The third-order valence-corrected chi connectivity index (χ3v) is 4.15. The zero-order valence-electron chi connectivity index (χ0n) is 16.2. The number of ether oxygens (including phenoxy) is 1. The van der Waals surface area contributed by atoms with Crippen LogP contribution >= 0.6 is 0 Å². The molecule has 2 N–H and O–H groups in total. The number of anilines is 1. The van der Waals surface area contributed by atoms with Gasteiger partial charge in [0.2, 0.25) is 5.91 Å². The SMILES string of the molecule is Cc1cccc(C)c1OCCCC(=O)Nc1ccc(CNC(=O)C(F)(F)F)cc1. The Kier molecular flexibility index (Phi) is 7.64. The lowest BCUT2D eigenvalue weighted by atomic mass is 10.1. The van der Waals surface area contributed by atoms with Crippen LogP contribution in [0.3, 0.4) is 0 Å². The summed E-state index contributed by atoms with van der Waals surface area (Å²) in [6.07, 6.45) is -4.09. The normalized spacial score (nSPS) is 11.1. The Labute approximate surface area is 167 Å². The van der Waals surface area contributed by atoms with E-state index < -0.39 is 12.1 Å². The van der Waals surface area contributed by atoms with Crippen LogP contribution in [0.5, 0.6) is 5.75 Å². The molecule has 156 valence electrons. The highest BCUT2D eigenvalue weighted by Gasteiger charge is 2.38. The number of hydrogen-bond donors (Lipinski definition) is 2. The van der Waals surface area contributed by atoms with E-state index in [1.807, 2.05) is 32.0 Å². The average Bonchev–Trinajstić information content (AvgIpc) is 2.65. The summed E-state index contributed by atoms with van der Waals surface area (Å²) in [4.78, 5) is 22.8. The monoisotopic (exact) mass is 408 g/mol. The van der Waals surface area contributed by atoms with Crippen molar-refractivity contribution in [2.45, 2.75) is 39.4 Å². The third-order valence-electron chi connectivity index (χ3n) is 4.15. The smallest absolute Gasteiger partial charge is 0.471 e. The second-order valence-electron chi connectivity index (χ2n) is 6.60. The van der Waals surface area contributed by atoms with E-state index in [2.05, 4.69) is 5.32 Å². The number of alkyl halides is 3. The summed E-state index contributed by atoms with van der Waals surface area (Å²) >= 11 is 0. The van der Waals surface area contributed by atoms with Crippen molar-refractivity contribution in [3.63, 3.8) is 0 Å². The van der Waals surface area contributed by atoms with Crippen molar-refractivity contribution in [1.29, 1.82) is 0 Å². The van der Waals surface area contributed by atoms with Gasteiger partial charge in [0.25, 0.3) is 0 Å². The molecule has 2 amide bonds. The van der Waals surface area contributed by atoms with E-state index in [1.54, 1.807) is 17.4 Å². The molecule has 29 heavy (non-hydrogen) atoms. The summed E-state index contributed by atoms with van der Waals surface area (Å²) in [5.74, 6) is -1.34. The Hall–Kier alpha value is -3.03. The Morgan fingerprint density at radius 2 is 1.62 bits per heavy atom. The molecule has 0 fully saturated rings. The van der Waals surface area contributed by atoms with Gasteiger partial charge in [-0.15, -0.1) is 0 Å². The molecular formula is C21H23F3N2O3. The molecule has 0 spiro atoms. The number of hydrogen-bond acceptors (Lipinski definition) is 3. The van der Waals surface area contributed by atoms with Crippen molar-refractivity contribution >= 4 is 17.5 Å². The van der Waals surface area contributed by atoms with Crippen LogP contribution in [0.15, 0.2) is 42.5 Å². The van der Waals surface area contributed by atoms with Crippen LogP contribution in [-0.2, 0) is 16.1 Å². The fourth-order valence-corrected chi connectivity index (χ4v) is 2.65. The van der Waals surface area contributed by atoms with Gasteiger partial charge in [0.1, 0.15) is 5.75 Å². The first-order valence-electron chi connectivity index (χ1n) is 9.09. The molecule has 2 rings (SSSR count). The molecule has 0 atom stereocenters. The Bertz CT molecular complexity index is 829. The van der Waals surface area contributed by atoms with E-state index in [-0.39, 0.29) is 18.9 Å². The summed E-state index contributed by atoms with van der Waals surface area (Å²) in [7, 11) is 0. The quantitative estimate of drug-likeness (QED) is 0.641. The molecule has 0 saturated carbocycles. The lowest BCUT2D eigenvalue weighted by Gasteiger charge is -2.12. The largest absolute Gasteiger partial charge is 0.493 e. The van der Waals surface area contributed by atoms with Crippen LogP contribution in [-0.4, -0.2) is 24.6 Å². The van der Waals surface area contributed by atoms with E-state index in [4.69, 9.17) is 4.74 Å². The molecule has 0 unspecified atom stereocenters. The molecule has 0 aliphatic carbocycles. The fourth-order valence-electron chi connectivity index (χ4n) is 2.65. The van der Waals surface area contributed by atoms with Gasteiger partial charge in [-0.3, -0.25) is 9.59 Å². The van der Waals surface area contributed by atoms with Gasteiger partial charge >= 0.3 is 12.1 Å². The number of amides is 2. The van der Waals surface area contributed by atoms with Gasteiger partial charge < -0.3 is 15.4 Å². The number of carbonyl (C=O) groups excluding carboxylic acids is 2. The number of benzene rings is 2. The van der Waals surface area contributed by atoms with Crippen LogP contribution in [0.1, 0.15) is 29.5 Å². The summed E-state index contributed by atoms with van der Waals surface area (Å²) in [5.41, 5.74) is 3.10. The van der Waals surface area contributed by atoms with Gasteiger partial charge in [-0.2, -0.15) is 13.2 Å². The van der Waals surface area contributed by atoms with Gasteiger partial charge in [0, 0.05) is 18.7 Å². The molecular weight excluding hydrogens is 385 g/mol. The third kappa shape index (κ3) is 7.14. The van der Waals surface area contributed by atoms with E-state index in [0.717, 1.165) is 16.9 Å². The fraction of sp³-hybridized carbons (Fsp3) is 0.333. The number of aryl methyl sites for hydroxylation is 2. The molecule has 0 aromatic heterocycles. The Morgan fingerprint density at radius 1 is 1.00 bits per heavy atom. The van der Waals surface area contributed by atoms with Gasteiger partial charge in [-0.25, -0.2) is 0 Å². The molecule has 0 bridgehead atoms. The number of halogens is 3. The maximum absolute atomic E-state index is 12.2. The van der Waals surface area contributed by atoms with Crippen LogP contribution in [0, 0.1) is 13.8 Å². The minimum Gasteiger partial charge on any atom is -0.493 e. The lowest BCUT2D eigenvalue weighted by Crippen LogP contribution is -2.36. The van der Waals surface area contributed by atoms with Crippen LogP contribution < -0.4 is 15.4 Å². The molecule has 0 heterocycles. The minimum absolute atomic E-state index is 0.187.